The van der Waals surface area contributed by atoms with Crippen LogP contribution in [0, 0.1) is 10.1 Å². The summed E-state index contributed by atoms with van der Waals surface area (Å²) < 4.78 is 28.3. The number of rotatable bonds is 6. The van der Waals surface area contributed by atoms with Crippen LogP contribution in [0.3, 0.4) is 0 Å². The van der Waals surface area contributed by atoms with Crippen LogP contribution in [0.15, 0.2) is 18.2 Å². The normalized spacial score (nSPS) is 18.1. The van der Waals surface area contributed by atoms with E-state index in [0.717, 1.165) is 11.0 Å². The third-order valence-electron chi connectivity index (χ3n) is 4.04. The van der Waals surface area contributed by atoms with Crippen molar-refractivity contribution in [3.63, 3.8) is 0 Å². The van der Waals surface area contributed by atoms with Gasteiger partial charge in [0.1, 0.15) is 5.02 Å². The van der Waals surface area contributed by atoms with Crippen LogP contribution in [-0.4, -0.2) is 67.9 Å². The summed E-state index contributed by atoms with van der Waals surface area (Å²) in [5.74, 6) is -2.25. The lowest BCUT2D eigenvalue weighted by atomic mass is 10.2. The molecule has 148 valence electrons. The van der Waals surface area contributed by atoms with Crippen LogP contribution in [0.25, 0.3) is 0 Å². The van der Waals surface area contributed by atoms with Crippen molar-refractivity contribution in [1.82, 2.24) is 4.90 Å². The molecule has 10 nitrogen and oxygen atoms in total. The molecule has 1 aliphatic heterocycles. The summed E-state index contributed by atoms with van der Waals surface area (Å²) in [6, 6.07) is 2.96. The first-order valence-electron chi connectivity index (χ1n) is 7.90. The number of nitrogens with one attached hydrogen (secondary N) is 1. The Kier molecular flexibility index (Phi) is 6.73. The highest BCUT2D eigenvalue weighted by Crippen LogP contribution is 2.27. The van der Waals surface area contributed by atoms with Crippen molar-refractivity contribution in [2.75, 3.05) is 37.1 Å². The molecule has 0 spiro atoms. The van der Waals surface area contributed by atoms with Crippen LogP contribution >= 0.6 is 11.6 Å². The van der Waals surface area contributed by atoms with Crippen molar-refractivity contribution in [3.8, 4) is 0 Å². The van der Waals surface area contributed by atoms with E-state index in [0.29, 0.717) is 0 Å². The van der Waals surface area contributed by atoms with Crippen LogP contribution in [0.5, 0.6) is 0 Å². The minimum atomic E-state index is -3.26. The van der Waals surface area contributed by atoms with E-state index >= 15 is 0 Å². The second-order valence-corrected chi connectivity index (χ2v) is 8.56. The van der Waals surface area contributed by atoms with E-state index in [2.05, 4.69) is 5.32 Å². The van der Waals surface area contributed by atoms with Crippen LogP contribution < -0.4 is 5.32 Å². The Bertz CT molecular complexity index is 859. The number of anilines is 1. The first-order valence-corrected chi connectivity index (χ1v) is 10.1. The number of carbonyl (C=O) groups excluding carboxylic acids is 2. The Balaban J connectivity index is 2.16. The summed E-state index contributed by atoms with van der Waals surface area (Å²) in [5.41, 5.74) is -0.393. The number of nitro groups is 1. The second kappa shape index (κ2) is 8.63. The number of hydrogen-bond acceptors (Lipinski definition) is 7. The number of methoxy groups -OCH3 is 1. The number of benzene rings is 1. The highest BCUT2D eigenvalue weighted by Gasteiger charge is 2.36. The molecule has 12 heteroatoms. The topological polar surface area (TPSA) is 136 Å². The standard InChI is InChI=1S/C15H18ClN3O7S/c1-26-6-5-18(11-4-7-27(24,25)9-11)15(21)14(20)17-10-2-3-12(16)13(8-10)19(22)23/h2-3,8,11H,4-7,9H2,1H3,(H,17,20). The van der Waals surface area contributed by atoms with Crippen LogP contribution in [0.4, 0.5) is 11.4 Å². The van der Waals surface area contributed by atoms with Crippen molar-refractivity contribution >= 4 is 44.6 Å². The van der Waals surface area contributed by atoms with Gasteiger partial charge in [0.05, 0.1) is 23.0 Å². The molecule has 1 fully saturated rings. The van der Waals surface area contributed by atoms with Crippen LogP contribution in [0.2, 0.25) is 5.02 Å². The zero-order valence-corrected chi connectivity index (χ0v) is 16.0. The second-order valence-electron chi connectivity index (χ2n) is 5.93. The molecule has 1 aliphatic rings. The summed E-state index contributed by atoms with van der Waals surface area (Å²) in [6.07, 6.45) is 0.234. The third-order valence-corrected chi connectivity index (χ3v) is 6.11. The smallest absolute Gasteiger partial charge is 0.313 e. The number of sulfone groups is 1. The highest BCUT2D eigenvalue weighted by atomic mass is 35.5. The Labute approximate surface area is 160 Å². The number of nitrogens with zero attached hydrogens (tertiary/aromatic N) is 2. The minimum Gasteiger partial charge on any atom is -0.383 e. The zero-order valence-electron chi connectivity index (χ0n) is 14.4. The quantitative estimate of drug-likeness (QED) is 0.410. The molecule has 0 aromatic heterocycles. The maximum absolute atomic E-state index is 12.5. The van der Waals surface area contributed by atoms with Gasteiger partial charge in [-0.2, -0.15) is 0 Å². The SMILES string of the molecule is COCCN(C(=O)C(=O)Nc1ccc(Cl)c([N+](=O)[O-])c1)C1CCS(=O)(=O)C1. The predicted molar refractivity (Wildman–Crippen MR) is 97.4 cm³/mol. The molecule has 2 rings (SSSR count). The van der Waals surface area contributed by atoms with E-state index in [-0.39, 0.29) is 41.8 Å². The number of halogens is 1. The molecule has 1 atom stereocenters. The lowest BCUT2D eigenvalue weighted by Gasteiger charge is -2.27. The van der Waals surface area contributed by atoms with E-state index in [1.54, 1.807) is 0 Å². The van der Waals surface area contributed by atoms with Gasteiger partial charge < -0.3 is 15.0 Å². The monoisotopic (exact) mass is 419 g/mol. The summed E-state index contributed by atoms with van der Waals surface area (Å²) >= 11 is 5.71. The van der Waals surface area contributed by atoms with Crippen molar-refractivity contribution in [3.05, 3.63) is 33.3 Å². The van der Waals surface area contributed by atoms with E-state index in [1.165, 1.54) is 19.2 Å². The minimum absolute atomic E-state index is 0.0233. The van der Waals surface area contributed by atoms with Crippen molar-refractivity contribution in [2.45, 2.75) is 12.5 Å². The van der Waals surface area contributed by atoms with Crippen LogP contribution in [0.1, 0.15) is 6.42 Å². The summed E-state index contributed by atoms with van der Waals surface area (Å²) in [5, 5.41) is 13.1. The molecular formula is C15H18ClN3O7S. The first kappa shape index (κ1) is 21.1. The van der Waals surface area contributed by atoms with E-state index in [9.17, 15) is 28.1 Å². The molecule has 2 amide bonds. The van der Waals surface area contributed by atoms with Crippen molar-refractivity contribution < 1.29 is 27.7 Å². The van der Waals surface area contributed by atoms with E-state index in [4.69, 9.17) is 16.3 Å². The fourth-order valence-electron chi connectivity index (χ4n) is 2.71. The number of nitro benzene ring substituents is 1. The van der Waals surface area contributed by atoms with Crippen molar-refractivity contribution in [2.24, 2.45) is 0 Å². The fraction of sp³-hybridized carbons (Fsp3) is 0.467. The summed E-state index contributed by atoms with van der Waals surface area (Å²) in [4.78, 5) is 36.2. The molecule has 1 saturated heterocycles. The summed E-state index contributed by atoms with van der Waals surface area (Å²) in [7, 11) is -1.84. The van der Waals surface area contributed by atoms with Gasteiger partial charge in [-0.15, -0.1) is 0 Å². The molecule has 1 heterocycles. The van der Waals surface area contributed by atoms with Gasteiger partial charge in [0, 0.05) is 31.5 Å². The zero-order chi connectivity index (χ0) is 20.2. The molecule has 0 radical (unpaired) electrons. The Morgan fingerprint density at radius 1 is 1.44 bits per heavy atom. The highest BCUT2D eigenvalue weighted by molar-refractivity contribution is 7.91. The Morgan fingerprint density at radius 2 is 2.15 bits per heavy atom. The Hall–Kier alpha value is -2.24. The van der Waals surface area contributed by atoms with Crippen molar-refractivity contribution in [1.29, 1.82) is 0 Å². The molecule has 1 unspecified atom stereocenters. The average molecular weight is 420 g/mol. The van der Waals surface area contributed by atoms with Gasteiger partial charge in [-0.25, -0.2) is 8.42 Å². The third kappa shape index (κ3) is 5.37. The molecule has 1 aromatic rings. The predicted octanol–water partition coefficient (Wildman–Crippen LogP) is 0.849. The number of amides is 2. The van der Waals surface area contributed by atoms with Gasteiger partial charge in [-0.05, 0) is 18.6 Å². The van der Waals surface area contributed by atoms with E-state index in [1.807, 2.05) is 0 Å². The van der Waals surface area contributed by atoms with Gasteiger partial charge in [-0.1, -0.05) is 11.6 Å². The first-order chi connectivity index (χ1) is 12.6. The molecule has 0 aliphatic carbocycles. The molecule has 1 N–H and O–H groups in total. The average Bonchev–Trinajstić information content (AvgIpc) is 2.96. The maximum Gasteiger partial charge on any atom is 0.313 e. The molecule has 0 bridgehead atoms. The molecule has 0 saturated carbocycles. The van der Waals surface area contributed by atoms with Gasteiger partial charge in [-0.3, -0.25) is 19.7 Å². The van der Waals surface area contributed by atoms with E-state index < -0.39 is 38.3 Å². The lowest BCUT2D eigenvalue weighted by Crippen LogP contribution is -2.47. The number of carbonyl (C=O) groups is 2. The molecule has 27 heavy (non-hydrogen) atoms. The Morgan fingerprint density at radius 3 is 2.70 bits per heavy atom. The number of ether oxygens (including phenoxy) is 1. The largest absolute Gasteiger partial charge is 0.383 e. The number of hydrogen-bond donors (Lipinski definition) is 1. The summed E-state index contributed by atoms with van der Waals surface area (Å²) in [6.45, 7) is 0.172. The van der Waals surface area contributed by atoms with Gasteiger partial charge in [0.2, 0.25) is 0 Å². The van der Waals surface area contributed by atoms with Gasteiger partial charge >= 0.3 is 11.8 Å². The molecular weight excluding hydrogens is 402 g/mol. The maximum atomic E-state index is 12.5. The molecule has 1 aromatic carbocycles. The van der Waals surface area contributed by atoms with Gasteiger partial charge in [0.15, 0.2) is 9.84 Å². The lowest BCUT2D eigenvalue weighted by molar-refractivity contribution is -0.384. The van der Waals surface area contributed by atoms with Gasteiger partial charge in [0.25, 0.3) is 5.69 Å². The van der Waals surface area contributed by atoms with Crippen LogP contribution in [-0.2, 0) is 24.2 Å². The fourth-order valence-corrected chi connectivity index (χ4v) is 4.62.